The molecular formula is C28H27ClF3N5O2. The third-order valence-corrected chi connectivity index (χ3v) is 7.47. The first-order chi connectivity index (χ1) is 18.5. The van der Waals surface area contributed by atoms with E-state index in [0.29, 0.717) is 32.2 Å². The Morgan fingerprint density at radius 2 is 1.77 bits per heavy atom. The summed E-state index contributed by atoms with van der Waals surface area (Å²) in [5.74, 6) is -0.673. The smallest absolute Gasteiger partial charge is 0.349 e. The Bertz CT molecular complexity index is 1600. The number of fused-ring (bicyclic) bond motifs is 1. The van der Waals surface area contributed by atoms with Crippen LogP contribution in [-0.4, -0.2) is 31.1 Å². The number of aromatic nitrogens is 4. The lowest BCUT2D eigenvalue weighted by Gasteiger charge is -2.29. The van der Waals surface area contributed by atoms with Crippen molar-refractivity contribution in [1.82, 2.24) is 24.4 Å². The minimum absolute atomic E-state index is 0.0434. The van der Waals surface area contributed by atoms with Crippen LogP contribution in [0.15, 0.2) is 53.5 Å². The highest BCUT2D eigenvalue weighted by Crippen LogP contribution is 2.32. The van der Waals surface area contributed by atoms with Gasteiger partial charge in [-0.1, -0.05) is 23.7 Å². The summed E-state index contributed by atoms with van der Waals surface area (Å²) in [5, 5.41) is 2.68. The van der Waals surface area contributed by atoms with Gasteiger partial charge in [0.05, 0.1) is 33.0 Å². The number of nitrogens with one attached hydrogen (secondary N) is 1. The van der Waals surface area contributed by atoms with Gasteiger partial charge in [-0.2, -0.15) is 13.2 Å². The highest BCUT2D eigenvalue weighted by Gasteiger charge is 2.38. The second kappa shape index (κ2) is 10.5. The summed E-state index contributed by atoms with van der Waals surface area (Å²) in [6.45, 7) is 4.29. The van der Waals surface area contributed by atoms with E-state index >= 15 is 0 Å². The highest BCUT2D eigenvalue weighted by atomic mass is 35.5. The van der Waals surface area contributed by atoms with Crippen LogP contribution in [0.4, 0.5) is 13.2 Å². The molecule has 5 rings (SSSR count). The topological polar surface area (TPSA) is 81.8 Å². The van der Waals surface area contributed by atoms with Crippen molar-refractivity contribution in [2.45, 2.75) is 58.3 Å². The van der Waals surface area contributed by atoms with Gasteiger partial charge in [-0.25, -0.2) is 9.78 Å². The number of alkyl halides is 3. The summed E-state index contributed by atoms with van der Waals surface area (Å²) < 4.78 is 43.5. The molecule has 1 N–H and O–H groups in total. The van der Waals surface area contributed by atoms with Crippen LogP contribution in [0.1, 0.15) is 53.1 Å². The summed E-state index contributed by atoms with van der Waals surface area (Å²) in [6, 6.07) is 12.1. The van der Waals surface area contributed by atoms with Gasteiger partial charge >= 0.3 is 11.9 Å². The molecule has 0 saturated heterocycles. The van der Waals surface area contributed by atoms with E-state index in [4.69, 9.17) is 11.6 Å². The van der Waals surface area contributed by atoms with E-state index in [1.165, 1.54) is 0 Å². The minimum atomic E-state index is -4.77. The molecule has 0 aliphatic heterocycles. The molecule has 0 atom stereocenters. The molecular weight excluding hydrogens is 531 g/mol. The van der Waals surface area contributed by atoms with Gasteiger partial charge in [0.2, 0.25) is 0 Å². The Hall–Kier alpha value is -3.66. The summed E-state index contributed by atoms with van der Waals surface area (Å²) in [4.78, 5) is 34.2. The molecule has 3 heterocycles. The lowest BCUT2D eigenvalue weighted by Crippen LogP contribution is -2.39. The predicted octanol–water partition coefficient (Wildman–Crippen LogP) is 5.86. The maximum absolute atomic E-state index is 13.6. The van der Waals surface area contributed by atoms with Crippen molar-refractivity contribution in [3.8, 4) is 5.69 Å². The second-order valence-corrected chi connectivity index (χ2v) is 10.4. The molecule has 39 heavy (non-hydrogen) atoms. The van der Waals surface area contributed by atoms with Crippen LogP contribution in [0.5, 0.6) is 0 Å². The van der Waals surface area contributed by atoms with Gasteiger partial charge in [-0.3, -0.25) is 18.9 Å². The number of aryl methyl sites for hydroxylation is 2. The normalized spacial score (nSPS) is 17.9. The van der Waals surface area contributed by atoms with Gasteiger partial charge in [0.1, 0.15) is 0 Å². The minimum Gasteiger partial charge on any atom is -0.349 e. The van der Waals surface area contributed by atoms with Crippen molar-refractivity contribution in [3.05, 3.63) is 86.8 Å². The molecule has 1 fully saturated rings. The Morgan fingerprint density at radius 3 is 2.44 bits per heavy atom. The van der Waals surface area contributed by atoms with Crippen LogP contribution in [-0.2, 0) is 12.7 Å². The van der Waals surface area contributed by atoms with E-state index in [-0.39, 0.29) is 22.7 Å². The fourth-order valence-corrected chi connectivity index (χ4v) is 5.54. The molecule has 0 bridgehead atoms. The van der Waals surface area contributed by atoms with Crippen molar-refractivity contribution < 1.29 is 18.0 Å². The fourth-order valence-electron chi connectivity index (χ4n) is 5.38. The number of imidazole rings is 1. The van der Waals surface area contributed by atoms with E-state index in [1.807, 2.05) is 50.2 Å². The number of hydrogen-bond acceptors (Lipinski definition) is 4. The summed E-state index contributed by atoms with van der Waals surface area (Å²) in [5.41, 5.74) is 2.01. The molecule has 1 aliphatic rings. The van der Waals surface area contributed by atoms with Crippen LogP contribution < -0.4 is 11.0 Å². The van der Waals surface area contributed by atoms with Gasteiger partial charge in [-0.15, -0.1) is 0 Å². The fraction of sp³-hybridized carbons (Fsp3) is 0.357. The third kappa shape index (κ3) is 5.43. The molecule has 0 spiro atoms. The maximum Gasteiger partial charge on any atom is 0.434 e. The molecule has 7 nitrogen and oxygen atoms in total. The van der Waals surface area contributed by atoms with Crippen LogP contribution in [0.2, 0.25) is 5.02 Å². The molecule has 1 saturated carbocycles. The van der Waals surface area contributed by atoms with Crippen LogP contribution >= 0.6 is 11.6 Å². The third-order valence-electron chi connectivity index (χ3n) is 7.26. The van der Waals surface area contributed by atoms with E-state index in [0.717, 1.165) is 40.4 Å². The van der Waals surface area contributed by atoms with E-state index in [9.17, 15) is 22.8 Å². The van der Waals surface area contributed by atoms with Crippen molar-refractivity contribution in [3.63, 3.8) is 0 Å². The second-order valence-electron chi connectivity index (χ2n) is 10.0. The highest BCUT2D eigenvalue weighted by molar-refractivity contribution is 6.30. The SMILES string of the molecule is Cc1ccc(-n2c(=O)n(C[C@H]3CC[C@H](NC(=O)c4cc(Cl)cnc4C(F)(F)F)CC3)c3ccccc32)c(C)n1. The largest absolute Gasteiger partial charge is 0.434 e. The molecule has 1 aliphatic carbocycles. The molecule has 3 aromatic heterocycles. The Kier molecular flexibility index (Phi) is 7.24. The first-order valence-electron chi connectivity index (χ1n) is 12.7. The molecule has 11 heteroatoms. The van der Waals surface area contributed by atoms with Crippen LogP contribution in [0, 0.1) is 19.8 Å². The lowest BCUT2D eigenvalue weighted by atomic mass is 9.85. The van der Waals surface area contributed by atoms with Gasteiger partial charge < -0.3 is 5.32 Å². The van der Waals surface area contributed by atoms with Crippen molar-refractivity contribution in [2.24, 2.45) is 5.92 Å². The van der Waals surface area contributed by atoms with Crippen molar-refractivity contribution >= 4 is 28.5 Å². The van der Waals surface area contributed by atoms with E-state index < -0.39 is 23.3 Å². The van der Waals surface area contributed by atoms with Crippen molar-refractivity contribution in [2.75, 3.05) is 0 Å². The molecule has 1 aromatic carbocycles. The first kappa shape index (κ1) is 26.9. The zero-order chi connectivity index (χ0) is 27.9. The number of halogens is 4. The number of hydrogen-bond donors (Lipinski definition) is 1. The number of carbonyl (C=O) groups is 1. The molecule has 1 amide bonds. The summed E-state index contributed by atoms with van der Waals surface area (Å²) in [6.07, 6.45) is -1.30. The zero-order valence-electron chi connectivity index (χ0n) is 21.4. The summed E-state index contributed by atoms with van der Waals surface area (Å²) in [7, 11) is 0. The number of benzene rings is 1. The predicted molar refractivity (Wildman–Crippen MR) is 142 cm³/mol. The van der Waals surface area contributed by atoms with Gasteiger partial charge in [0, 0.05) is 24.5 Å². The van der Waals surface area contributed by atoms with E-state index in [1.54, 1.807) is 9.13 Å². The van der Waals surface area contributed by atoms with Crippen molar-refractivity contribution in [1.29, 1.82) is 0 Å². The number of para-hydroxylation sites is 2. The molecule has 4 aromatic rings. The molecule has 0 unspecified atom stereocenters. The standard InChI is InChI=1S/C28H27ClF3N5O2/c1-16-7-12-22(17(2)34-16)37-24-6-4-3-5-23(24)36(27(37)39)15-18-8-10-20(11-9-18)35-26(38)21-13-19(29)14-33-25(21)28(30,31)32/h3-7,12-14,18,20H,8-11,15H2,1-2H3,(H,35,38)/t18-,20-. The Labute approximate surface area is 227 Å². The van der Waals surface area contributed by atoms with Gasteiger partial charge in [-0.05, 0) is 75.8 Å². The number of amides is 1. The van der Waals surface area contributed by atoms with Gasteiger partial charge in [0.15, 0.2) is 5.69 Å². The number of rotatable bonds is 5. The number of carbonyl (C=O) groups excluding carboxylic acids is 1. The summed E-state index contributed by atoms with van der Waals surface area (Å²) >= 11 is 5.82. The Balaban J connectivity index is 1.32. The zero-order valence-corrected chi connectivity index (χ0v) is 22.2. The average molecular weight is 558 g/mol. The monoisotopic (exact) mass is 557 g/mol. The number of nitrogens with zero attached hydrogens (tertiary/aromatic N) is 4. The Morgan fingerprint density at radius 1 is 1.08 bits per heavy atom. The van der Waals surface area contributed by atoms with Crippen LogP contribution in [0.25, 0.3) is 16.7 Å². The van der Waals surface area contributed by atoms with Crippen LogP contribution in [0.3, 0.4) is 0 Å². The van der Waals surface area contributed by atoms with E-state index in [2.05, 4.69) is 15.3 Å². The average Bonchev–Trinajstić information content (AvgIpc) is 3.15. The quantitative estimate of drug-likeness (QED) is 0.333. The molecule has 204 valence electrons. The maximum atomic E-state index is 13.6. The number of pyridine rings is 2. The molecule has 0 radical (unpaired) electrons. The first-order valence-corrected chi connectivity index (χ1v) is 13.1. The lowest BCUT2D eigenvalue weighted by molar-refractivity contribution is -0.141. The van der Waals surface area contributed by atoms with Gasteiger partial charge in [0.25, 0.3) is 5.91 Å².